The van der Waals surface area contributed by atoms with Crippen molar-refractivity contribution in [1.29, 1.82) is 0 Å². The summed E-state index contributed by atoms with van der Waals surface area (Å²) < 4.78 is 26.6. The van der Waals surface area contributed by atoms with Crippen LogP contribution < -0.4 is 10.0 Å². The Kier molecular flexibility index (Phi) is 4.10. The Hall–Kier alpha value is -0.910. The van der Waals surface area contributed by atoms with E-state index in [0.717, 1.165) is 13.0 Å². The van der Waals surface area contributed by atoms with E-state index in [-0.39, 0.29) is 5.75 Å². The summed E-state index contributed by atoms with van der Waals surface area (Å²) in [6.07, 6.45) is 4.16. The van der Waals surface area contributed by atoms with Crippen molar-refractivity contribution in [3.63, 3.8) is 0 Å². The lowest BCUT2D eigenvalue weighted by molar-refractivity contribution is 0.548. The van der Waals surface area contributed by atoms with Crippen LogP contribution in [-0.2, 0) is 16.4 Å². The summed E-state index contributed by atoms with van der Waals surface area (Å²) in [5, 5.41) is 3.34. The van der Waals surface area contributed by atoms with Crippen molar-refractivity contribution < 1.29 is 8.42 Å². The average Bonchev–Trinajstić information content (AvgIpc) is 3.20. The van der Waals surface area contributed by atoms with Gasteiger partial charge in [-0.05, 0) is 43.4 Å². The van der Waals surface area contributed by atoms with Crippen molar-refractivity contribution in [2.24, 2.45) is 0 Å². The summed E-state index contributed by atoms with van der Waals surface area (Å²) in [5.74, 6) is 0.576. The summed E-state index contributed by atoms with van der Waals surface area (Å²) in [7, 11) is -3.12. The second-order valence-corrected chi connectivity index (χ2v) is 7.78. The molecule has 0 bridgehead atoms. The number of benzene rings is 1. The zero-order valence-electron chi connectivity index (χ0n) is 11.6. The summed E-state index contributed by atoms with van der Waals surface area (Å²) in [4.78, 5) is 0. The predicted molar refractivity (Wildman–Crippen MR) is 80.3 cm³/mol. The second kappa shape index (κ2) is 5.84. The minimum absolute atomic E-state index is 0.223. The predicted octanol–water partition coefficient (Wildman–Crippen LogP) is 1.39. The SMILES string of the molecule is O=S(=O)(CCCNC1CC1)NCC1Cc2ccccc21. The van der Waals surface area contributed by atoms with Gasteiger partial charge < -0.3 is 5.32 Å². The molecule has 2 N–H and O–H groups in total. The third-order valence-corrected chi connectivity index (χ3v) is 5.54. The van der Waals surface area contributed by atoms with Gasteiger partial charge >= 0.3 is 0 Å². The van der Waals surface area contributed by atoms with Crippen LogP contribution >= 0.6 is 0 Å². The average molecular weight is 294 g/mol. The van der Waals surface area contributed by atoms with Crippen LogP contribution in [0.5, 0.6) is 0 Å². The molecule has 20 heavy (non-hydrogen) atoms. The molecule has 1 aromatic rings. The van der Waals surface area contributed by atoms with Crippen molar-refractivity contribution in [2.45, 2.75) is 37.6 Å². The Bertz CT molecular complexity index is 567. The molecule has 0 amide bonds. The molecule has 3 rings (SSSR count). The van der Waals surface area contributed by atoms with Crippen LogP contribution in [0, 0.1) is 0 Å². The molecule has 4 nitrogen and oxygen atoms in total. The maximum atomic E-state index is 11.9. The Morgan fingerprint density at radius 1 is 1.20 bits per heavy atom. The highest BCUT2D eigenvalue weighted by atomic mass is 32.2. The molecule has 0 heterocycles. The number of sulfonamides is 1. The van der Waals surface area contributed by atoms with Crippen LogP contribution in [0.4, 0.5) is 0 Å². The summed E-state index contributed by atoms with van der Waals surface area (Å²) in [5.41, 5.74) is 2.65. The smallest absolute Gasteiger partial charge is 0.211 e. The van der Waals surface area contributed by atoms with Crippen LogP contribution in [0.15, 0.2) is 24.3 Å². The minimum Gasteiger partial charge on any atom is -0.314 e. The zero-order valence-corrected chi connectivity index (χ0v) is 12.5. The van der Waals surface area contributed by atoms with E-state index in [9.17, 15) is 8.42 Å². The lowest BCUT2D eigenvalue weighted by Crippen LogP contribution is -2.35. The van der Waals surface area contributed by atoms with E-state index < -0.39 is 10.0 Å². The minimum atomic E-state index is -3.12. The maximum absolute atomic E-state index is 11.9. The van der Waals surface area contributed by atoms with E-state index in [1.807, 2.05) is 12.1 Å². The van der Waals surface area contributed by atoms with Crippen LogP contribution in [0.2, 0.25) is 0 Å². The fourth-order valence-corrected chi connectivity index (χ4v) is 3.82. The van der Waals surface area contributed by atoms with Gasteiger partial charge in [-0.1, -0.05) is 24.3 Å². The van der Waals surface area contributed by atoms with Gasteiger partial charge in [-0.15, -0.1) is 0 Å². The van der Waals surface area contributed by atoms with Gasteiger partial charge in [0.25, 0.3) is 0 Å². The van der Waals surface area contributed by atoms with Gasteiger partial charge in [0, 0.05) is 18.5 Å². The zero-order chi connectivity index (χ0) is 14.0. The Morgan fingerprint density at radius 3 is 2.75 bits per heavy atom. The van der Waals surface area contributed by atoms with Gasteiger partial charge in [0.2, 0.25) is 10.0 Å². The molecular weight excluding hydrogens is 272 g/mol. The first-order chi connectivity index (χ1) is 9.64. The standard InChI is InChI=1S/C15H22N2O2S/c18-20(19,9-3-8-16-14-6-7-14)17-11-13-10-12-4-1-2-5-15(12)13/h1-2,4-5,13-14,16-17H,3,6-11H2. The summed E-state index contributed by atoms with van der Waals surface area (Å²) in [6, 6.07) is 8.91. The van der Waals surface area contributed by atoms with Gasteiger partial charge in [-0.25, -0.2) is 13.1 Å². The van der Waals surface area contributed by atoms with Crippen molar-refractivity contribution in [3.8, 4) is 0 Å². The highest BCUT2D eigenvalue weighted by Gasteiger charge is 2.26. The largest absolute Gasteiger partial charge is 0.314 e. The monoisotopic (exact) mass is 294 g/mol. The molecule has 1 atom stereocenters. The number of fused-ring (bicyclic) bond motifs is 1. The Balaban J connectivity index is 1.39. The molecular formula is C15H22N2O2S. The molecule has 1 unspecified atom stereocenters. The first kappa shape index (κ1) is 14.0. The quantitative estimate of drug-likeness (QED) is 0.712. The first-order valence-electron chi connectivity index (χ1n) is 7.42. The number of rotatable bonds is 8. The third-order valence-electron chi connectivity index (χ3n) is 4.11. The van der Waals surface area contributed by atoms with Crippen molar-refractivity contribution in [1.82, 2.24) is 10.0 Å². The lowest BCUT2D eigenvalue weighted by atomic mass is 9.78. The van der Waals surface area contributed by atoms with E-state index >= 15 is 0 Å². The number of hydrogen-bond donors (Lipinski definition) is 2. The molecule has 0 saturated heterocycles. The highest BCUT2D eigenvalue weighted by molar-refractivity contribution is 7.89. The maximum Gasteiger partial charge on any atom is 0.211 e. The van der Waals surface area contributed by atoms with Crippen molar-refractivity contribution >= 4 is 10.0 Å². The van der Waals surface area contributed by atoms with Gasteiger partial charge in [0.15, 0.2) is 0 Å². The van der Waals surface area contributed by atoms with Gasteiger partial charge in [-0.3, -0.25) is 0 Å². The molecule has 110 valence electrons. The molecule has 5 heteroatoms. The molecule has 1 aromatic carbocycles. The molecule has 0 radical (unpaired) electrons. The first-order valence-corrected chi connectivity index (χ1v) is 9.08. The Morgan fingerprint density at radius 2 is 2.00 bits per heavy atom. The fourth-order valence-electron chi connectivity index (χ4n) is 2.70. The topological polar surface area (TPSA) is 58.2 Å². The van der Waals surface area contributed by atoms with E-state index in [1.54, 1.807) is 0 Å². The molecule has 0 spiro atoms. The van der Waals surface area contributed by atoms with Crippen LogP contribution in [0.3, 0.4) is 0 Å². The normalized spacial score (nSPS) is 21.3. The number of nitrogens with one attached hydrogen (secondary N) is 2. The molecule has 0 aliphatic heterocycles. The van der Waals surface area contributed by atoms with E-state index in [0.29, 0.717) is 24.9 Å². The van der Waals surface area contributed by atoms with E-state index in [4.69, 9.17) is 0 Å². The Labute approximate surface area is 121 Å². The van der Waals surface area contributed by atoms with Crippen LogP contribution in [0.25, 0.3) is 0 Å². The van der Waals surface area contributed by atoms with Crippen molar-refractivity contribution in [2.75, 3.05) is 18.8 Å². The summed E-state index contributed by atoms with van der Waals surface area (Å²) >= 11 is 0. The van der Waals surface area contributed by atoms with Crippen LogP contribution in [-0.4, -0.2) is 33.3 Å². The second-order valence-electron chi connectivity index (χ2n) is 5.85. The van der Waals surface area contributed by atoms with Crippen LogP contribution in [0.1, 0.15) is 36.3 Å². The number of hydrogen-bond acceptors (Lipinski definition) is 3. The highest BCUT2D eigenvalue weighted by Crippen LogP contribution is 2.34. The van der Waals surface area contributed by atoms with Gasteiger partial charge in [-0.2, -0.15) is 0 Å². The molecule has 1 fully saturated rings. The molecule has 2 aliphatic carbocycles. The molecule has 1 saturated carbocycles. The fraction of sp³-hybridized carbons (Fsp3) is 0.600. The van der Waals surface area contributed by atoms with Crippen molar-refractivity contribution in [3.05, 3.63) is 35.4 Å². The van der Waals surface area contributed by atoms with E-state index in [2.05, 4.69) is 22.2 Å². The lowest BCUT2D eigenvalue weighted by Gasteiger charge is -2.30. The third kappa shape index (κ3) is 3.59. The van der Waals surface area contributed by atoms with E-state index in [1.165, 1.54) is 24.0 Å². The summed E-state index contributed by atoms with van der Waals surface area (Å²) in [6.45, 7) is 1.34. The van der Waals surface area contributed by atoms with Gasteiger partial charge in [0.1, 0.15) is 0 Å². The molecule has 2 aliphatic rings. The molecule has 0 aromatic heterocycles. The van der Waals surface area contributed by atoms with Gasteiger partial charge in [0.05, 0.1) is 5.75 Å².